The largest absolute Gasteiger partial charge is 0.419 e. The van der Waals surface area contributed by atoms with Crippen LogP contribution in [0.1, 0.15) is 45.2 Å². The van der Waals surface area contributed by atoms with Crippen molar-refractivity contribution in [2.45, 2.75) is 39.2 Å². The monoisotopic (exact) mass is 259 g/mol. The Balaban J connectivity index is 2.25. The maximum absolute atomic E-state index is 5.66. The van der Waals surface area contributed by atoms with Crippen LogP contribution in [0.2, 0.25) is 0 Å². The molecule has 2 aromatic rings. The van der Waals surface area contributed by atoms with Gasteiger partial charge in [-0.1, -0.05) is 32.9 Å². The van der Waals surface area contributed by atoms with Crippen molar-refractivity contribution in [1.29, 1.82) is 0 Å². The van der Waals surface area contributed by atoms with Crippen molar-refractivity contribution in [1.82, 2.24) is 15.5 Å². The molecule has 4 nitrogen and oxygen atoms in total. The summed E-state index contributed by atoms with van der Waals surface area (Å²) in [6, 6.07) is 8.35. The molecule has 0 bridgehead atoms. The second-order valence-corrected chi connectivity index (χ2v) is 5.78. The molecule has 0 radical (unpaired) electrons. The van der Waals surface area contributed by atoms with Gasteiger partial charge in [0.25, 0.3) is 0 Å². The van der Waals surface area contributed by atoms with Gasteiger partial charge in [0.2, 0.25) is 11.8 Å². The Kier molecular flexibility index (Phi) is 3.71. The Labute approximate surface area is 114 Å². The fourth-order valence-electron chi connectivity index (χ4n) is 1.76. The third-order valence-electron chi connectivity index (χ3n) is 3.24. The zero-order valence-corrected chi connectivity index (χ0v) is 12.2. The van der Waals surface area contributed by atoms with Gasteiger partial charge in [0, 0.05) is 5.56 Å². The van der Waals surface area contributed by atoms with Crippen molar-refractivity contribution >= 4 is 0 Å². The molecule has 4 heteroatoms. The summed E-state index contributed by atoms with van der Waals surface area (Å²) >= 11 is 0. The summed E-state index contributed by atoms with van der Waals surface area (Å²) in [5, 5.41) is 11.2. The second-order valence-electron chi connectivity index (χ2n) is 5.78. The van der Waals surface area contributed by atoms with E-state index in [1.165, 1.54) is 5.56 Å². The molecular weight excluding hydrogens is 238 g/mol. The molecule has 102 valence electrons. The van der Waals surface area contributed by atoms with E-state index in [-0.39, 0.29) is 11.5 Å². The molecule has 0 aliphatic rings. The van der Waals surface area contributed by atoms with Crippen LogP contribution in [0.25, 0.3) is 11.5 Å². The predicted octanol–water partition coefficient (Wildman–Crippen LogP) is 3.31. The van der Waals surface area contributed by atoms with Crippen molar-refractivity contribution in [3.8, 4) is 11.5 Å². The summed E-state index contributed by atoms with van der Waals surface area (Å²) in [6.45, 7) is 8.57. The van der Waals surface area contributed by atoms with Gasteiger partial charge in [-0.05, 0) is 37.1 Å². The van der Waals surface area contributed by atoms with Crippen LogP contribution >= 0.6 is 0 Å². The summed E-state index contributed by atoms with van der Waals surface area (Å²) in [6.07, 6.45) is 0. The standard InChI is InChI=1S/C15H21N3O/c1-10(16-5)13-17-18-14(19-13)11-6-8-12(9-7-11)15(2,3)4/h6-10,16H,1-5H3. The number of benzene rings is 1. The maximum atomic E-state index is 5.66. The molecule has 2 rings (SSSR count). The highest BCUT2D eigenvalue weighted by Gasteiger charge is 2.16. The summed E-state index contributed by atoms with van der Waals surface area (Å²) in [5.41, 5.74) is 2.40. The average molecular weight is 259 g/mol. The molecule has 0 saturated carbocycles. The van der Waals surface area contributed by atoms with Gasteiger partial charge >= 0.3 is 0 Å². The van der Waals surface area contributed by atoms with Gasteiger partial charge in [-0.25, -0.2) is 0 Å². The number of hydrogen-bond acceptors (Lipinski definition) is 4. The quantitative estimate of drug-likeness (QED) is 0.918. The van der Waals surface area contributed by atoms with E-state index >= 15 is 0 Å². The first-order valence-corrected chi connectivity index (χ1v) is 6.53. The van der Waals surface area contributed by atoms with E-state index in [4.69, 9.17) is 4.42 Å². The van der Waals surface area contributed by atoms with Crippen LogP contribution in [0.4, 0.5) is 0 Å². The fraction of sp³-hybridized carbons (Fsp3) is 0.467. The Morgan fingerprint density at radius 3 is 2.26 bits per heavy atom. The molecule has 1 aromatic carbocycles. The van der Waals surface area contributed by atoms with E-state index in [1.807, 2.05) is 26.1 Å². The van der Waals surface area contributed by atoms with E-state index in [1.54, 1.807) is 0 Å². The molecule has 19 heavy (non-hydrogen) atoms. The van der Waals surface area contributed by atoms with Crippen LogP contribution in [0, 0.1) is 0 Å². The molecule has 0 saturated heterocycles. The van der Waals surface area contributed by atoms with E-state index < -0.39 is 0 Å². The average Bonchev–Trinajstić information content (AvgIpc) is 2.86. The molecule has 0 spiro atoms. The Morgan fingerprint density at radius 2 is 1.74 bits per heavy atom. The maximum Gasteiger partial charge on any atom is 0.247 e. The van der Waals surface area contributed by atoms with Crippen LogP contribution in [0.3, 0.4) is 0 Å². The van der Waals surface area contributed by atoms with Crippen molar-refractivity contribution < 1.29 is 4.42 Å². The van der Waals surface area contributed by atoms with E-state index in [2.05, 4.69) is 48.4 Å². The van der Waals surface area contributed by atoms with Crippen molar-refractivity contribution in [2.24, 2.45) is 0 Å². The van der Waals surface area contributed by atoms with Gasteiger partial charge in [0.1, 0.15) is 0 Å². The van der Waals surface area contributed by atoms with E-state index in [9.17, 15) is 0 Å². The van der Waals surface area contributed by atoms with Crippen LogP contribution in [0.15, 0.2) is 28.7 Å². The molecule has 1 aromatic heterocycles. The van der Waals surface area contributed by atoms with Crippen LogP contribution in [-0.2, 0) is 5.41 Å². The van der Waals surface area contributed by atoms with Crippen LogP contribution < -0.4 is 5.32 Å². The van der Waals surface area contributed by atoms with Crippen molar-refractivity contribution in [3.05, 3.63) is 35.7 Å². The van der Waals surface area contributed by atoms with Gasteiger partial charge < -0.3 is 9.73 Å². The van der Waals surface area contributed by atoms with Crippen molar-refractivity contribution in [2.75, 3.05) is 7.05 Å². The van der Waals surface area contributed by atoms with Crippen molar-refractivity contribution in [3.63, 3.8) is 0 Å². The summed E-state index contributed by atoms with van der Waals surface area (Å²) in [4.78, 5) is 0. The minimum absolute atomic E-state index is 0.0649. The first kappa shape index (κ1) is 13.7. The first-order chi connectivity index (χ1) is 8.91. The number of hydrogen-bond donors (Lipinski definition) is 1. The molecule has 1 N–H and O–H groups in total. The lowest BCUT2D eigenvalue weighted by molar-refractivity contribution is 0.441. The molecule has 0 fully saturated rings. The third kappa shape index (κ3) is 3.01. The lowest BCUT2D eigenvalue weighted by Crippen LogP contribution is -2.12. The normalized spacial score (nSPS) is 13.5. The first-order valence-electron chi connectivity index (χ1n) is 6.53. The van der Waals surface area contributed by atoms with E-state index in [0.717, 1.165) is 5.56 Å². The minimum Gasteiger partial charge on any atom is -0.419 e. The second kappa shape index (κ2) is 5.13. The van der Waals surface area contributed by atoms with Gasteiger partial charge in [-0.15, -0.1) is 10.2 Å². The SMILES string of the molecule is CNC(C)c1nnc(-c2ccc(C(C)(C)C)cc2)o1. The molecular formula is C15H21N3O. The topological polar surface area (TPSA) is 51.0 Å². The molecule has 0 amide bonds. The molecule has 1 unspecified atom stereocenters. The fourth-order valence-corrected chi connectivity index (χ4v) is 1.76. The zero-order valence-electron chi connectivity index (χ0n) is 12.2. The van der Waals surface area contributed by atoms with Gasteiger partial charge in [0.05, 0.1) is 6.04 Å². The lowest BCUT2D eigenvalue weighted by atomic mass is 9.87. The third-order valence-corrected chi connectivity index (χ3v) is 3.24. The number of nitrogens with one attached hydrogen (secondary N) is 1. The Morgan fingerprint density at radius 1 is 1.11 bits per heavy atom. The molecule has 0 aliphatic carbocycles. The number of aromatic nitrogens is 2. The van der Waals surface area contributed by atoms with Crippen LogP contribution in [-0.4, -0.2) is 17.2 Å². The van der Waals surface area contributed by atoms with Gasteiger partial charge in [0.15, 0.2) is 0 Å². The number of rotatable bonds is 3. The highest BCUT2D eigenvalue weighted by molar-refractivity contribution is 5.53. The number of nitrogens with zero attached hydrogens (tertiary/aromatic N) is 2. The summed E-state index contributed by atoms with van der Waals surface area (Å²) in [7, 11) is 1.87. The molecule has 1 heterocycles. The molecule has 0 aliphatic heterocycles. The van der Waals surface area contributed by atoms with Crippen LogP contribution in [0.5, 0.6) is 0 Å². The molecule has 1 atom stereocenters. The minimum atomic E-state index is 0.0649. The Bertz CT molecular complexity index is 537. The van der Waals surface area contributed by atoms with Gasteiger partial charge in [-0.2, -0.15) is 0 Å². The lowest BCUT2D eigenvalue weighted by Gasteiger charge is -2.18. The Hall–Kier alpha value is -1.68. The van der Waals surface area contributed by atoms with Gasteiger partial charge in [-0.3, -0.25) is 0 Å². The highest BCUT2D eigenvalue weighted by atomic mass is 16.4. The summed E-state index contributed by atoms with van der Waals surface area (Å²) < 4.78 is 5.66. The summed E-state index contributed by atoms with van der Waals surface area (Å²) in [5.74, 6) is 1.18. The van der Waals surface area contributed by atoms with E-state index in [0.29, 0.717) is 11.8 Å². The zero-order chi connectivity index (χ0) is 14.0. The predicted molar refractivity (Wildman–Crippen MR) is 75.9 cm³/mol. The smallest absolute Gasteiger partial charge is 0.247 e. The highest BCUT2D eigenvalue weighted by Crippen LogP contribution is 2.26.